The van der Waals surface area contributed by atoms with Gasteiger partial charge < -0.3 is 32.5 Å². The highest BCUT2D eigenvalue weighted by molar-refractivity contribution is 7.95. The van der Waals surface area contributed by atoms with Crippen LogP contribution in [0.4, 0.5) is 13.2 Å². The van der Waals surface area contributed by atoms with Gasteiger partial charge in [0, 0.05) is 68.6 Å². The maximum absolute atomic E-state index is 13.3. The van der Waals surface area contributed by atoms with Crippen LogP contribution in [-0.4, -0.2) is 40.3 Å². The average molecular weight is 1490 g/mol. The SMILES string of the molecule is CC(=O)N[C@H]1CCCC[C@@H]1NP1Oc2cccc3c2C2(CC3(C)C)CC(C)(C)c3cccc(c32)O1.CC1(C)CC23CC(C)(C)c4cccc(c42)OP(NS(=O)(=O)C(F)(F)F)Oc2cccc1c23.Cc1ccc(S(=O)(=O)NP2Oc3cccc4c3C3(CC4(C)C)CC(C)(C)c4cccc(c43)O2)cc1. The third-order valence-electron chi connectivity index (χ3n) is 23.4. The number of halogens is 3. The Hall–Kier alpha value is -6.33. The molecule has 7 aliphatic carbocycles. The first-order chi connectivity index (χ1) is 47.7. The summed E-state index contributed by atoms with van der Waals surface area (Å²) >= 11 is 0. The highest BCUT2D eigenvalue weighted by atomic mass is 32.2. The Balaban J connectivity index is 0.000000124. The Labute approximate surface area is 601 Å². The molecule has 0 bridgehead atoms. The maximum Gasteiger partial charge on any atom is 0.511 e. The maximum atomic E-state index is 13.3. The van der Waals surface area contributed by atoms with Crippen LogP contribution in [0.15, 0.2) is 138 Å². The number of nitrogens with one attached hydrogen (secondary N) is 4. The molecule has 17 rings (SSSR count). The van der Waals surface area contributed by atoms with E-state index in [1.54, 1.807) is 59.9 Å². The lowest BCUT2D eigenvalue weighted by Crippen LogP contribution is -2.50. The van der Waals surface area contributed by atoms with Crippen LogP contribution in [0.3, 0.4) is 0 Å². The van der Waals surface area contributed by atoms with Gasteiger partial charge in [-0.1, -0.05) is 186 Å². The number of sulfonamides is 2. The van der Waals surface area contributed by atoms with Gasteiger partial charge in [-0.3, -0.25) is 4.79 Å². The minimum atomic E-state index is -5.67. The van der Waals surface area contributed by atoms with Crippen LogP contribution >= 0.6 is 25.6 Å². The van der Waals surface area contributed by atoms with E-state index in [0.717, 1.165) is 104 Å². The molecular formula is C79H90F3N4O11P3S2. The third-order valence-corrected chi connectivity index (χ3v) is 30.7. The summed E-state index contributed by atoms with van der Waals surface area (Å²) in [6.07, 6.45) is 9.87. The fraction of sp³-hybridized carbons (Fsp3) is 0.456. The molecule has 3 heterocycles. The number of hydrogen-bond donors (Lipinski definition) is 4. The zero-order chi connectivity index (χ0) is 72.7. The molecule has 1 amide bonds. The monoisotopic (exact) mass is 1480 g/mol. The Morgan fingerprint density at radius 2 is 0.686 bits per heavy atom. The number of aryl methyl sites for hydroxylation is 1. The van der Waals surface area contributed by atoms with Crippen molar-refractivity contribution in [3.63, 3.8) is 0 Å². The van der Waals surface area contributed by atoms with Crippen LogP contribution in [0.1, 0.15) is 227 Å². The zero-order valence-corrected chi connectivity index (χ0v) is 64.5. The van der Waals surface area contributed by atoms with Gasteiger partial charge in [-0.15, -0.1) is 8.99 Å². The first-order valence-corrected chi connectivity index (χ1v) is 41.7. The molecule has 3 aliphatic heterocycles. The molecule has 540 valence electrons. The smallest absolute Gasteiger partial charge is 0.427 e. The number of rotatable bonds is 8. The molecule has 0 saturated heterocycles. The summed E-state index contributed by atoms with van der Waals surface area (Å²) in [5, 5.41) is 6.88. The van der Waals surface area contributed by atoms with Gasteiger partial charge in [0.1, 0.15) is 34.5 Å². The predicted molar refractivity (Wildman–Crippen MR) is 394 cm³/mol. The summed E-state index contributed by atoms with van der Waals surface area (Å²) in [5.41, 5.74) is 8.76. The third kappa shape index (κ3) is 11.6. The molecule has 23 heteroatoms. The van der Waals surface area contributed by atoms with Crippen molar-refractivity contribution in [1.29, 1.82) is 0 Å². The Kier molecular flexibility index (Phi) is 16.8. The van der Waals surface area contributed by atoms with Gasteiger partial charge in [-0.05, 0) is 173 Å². The van der Waals surface area contributed by atoms with Gasteiger partial charge in [-0.25, -0.2) is 21.9 Å². The van der Waals surface area contributed by atoms with Crippen molar-refractivity contribution >= 4 is 51.5 Å². The molecule has 0 aromatic heterocycles. The van der Waals surface area contributed by atoms with Crippen LogP contribution in [0.2, 0.25) is 0 Å². The van der Waals surface area contributed by atoms with E-state index in [0.29, 0.717) is 23.0 Å². The lowest BCUT2D eigenvalue weighted by molar-refractivity contribution is -0.120. The van der Waals surface area contributed by atoms with Gasteiger partial charge in [-0.2, -0.15) is 13.2 Å². The number of amides is 1. The minimum absolute atomic E-state index is 0.0204. The lowest BCUT2D eigenvalue weighted by Gasteiger charge is -2.37. The topological polar surface area (TPSA) is 189 Å². The largest absolute Gasteiger partial charge is 0.511 e. The predicted octanol–water partition coefficient (Wildman–Crippen LogP) is 18.8. The van der Waals surface area contributed by atoms with E-state index in [9.17, 15) is 34.8 Å². The molecule has 1 saturated carbocycles. The molecule has 10 aliphatic rings. The molecule has 7 aromatic rings. The van der Waals surface area contributed by atoms with Crippen molar-refractivity contribution in [2.45, 2.75) is 232 Å². The molecule has 0 unspecified atom stereocenters. The molecule has 4 N–H and O–H groups in total. The second-order valence-corrected chi connectivity index (χ2v) is 41.1. The number of alkyl halides is 3. The van der Waals surface area contributed by atoms with E-state index in [1.807, 2.05) is 43.3 Å². The van der Waals surface area contributed by atoms with E-state index in [2.05, 4.69) is 147 Å². The van der Waals surface area contributed by atoms with Crippen molar-refractivity contribution < 1.29 is 61.9 Å². The molecule has 0 radical (unpaired) electrons. The summed E-state index contributed by atoms with van der Waals surface area (Å²) in [7, 11) is -15.6. The Morgan fingerprint density at radius 3 is 0.971 bits per heavy atom. The number of benzene rings is 7. The van der Waals surface area contributed by atoms with E-state index in [-0.39, 0.29) is 66.2 Å². The summed E-state index contributed by atoms with van der Waals surface area (Å²) in [6.45, 7) is 30.8. The molecule has 7 aromatic carbocycles. The molecule has 102 heavy (non-hydrogen) atoms. The van der Waals surface area contributed by atoms with Crippen molar-refractivity contribution in [1.82, 2.24) is 19.4 Å². The fourth-order valence-corrected chi connectivity index (χ4v) is 26.6. The summed E-state index contributed by atoms with van der Waals surface area (Å²) in [6, 6.07) is 43.5. The molecule has 15 nitrogen and oxygen atoms in total. The van der Waals surface area contributed by atoms with Crippen molar-refractivity contribution in [3.8, 4) is 34.5 Å². The van der Waals surface area contributed by atoms with E-state index < -0.39 is 56.5 Å². The second-order valence-electron chi connectivity index (χ2n) is 33.8. The van der Waals surface area contributed by atoms with E-state index in [1.165, 1.54) is 44.5 Å². The first-order valence-electron chi connectivity index (χ1n) is 35.3. The quantitative estimate of drug-likeness (QED) is 0.106. The highest BCUT2D eigenvalue weighted by Gasteiger charge is 2.64. The molecule has 2 atom stereocenters. The standard InChI is InChI=1S/C29H37N2O3P.C28H30NO4PS.C22H23F3NO4PS/c1-18(32)30-21-12-6-7-13-22(21)31-35-33-23-14-8-10-19-25(23)29(16-27(19,2)3)17-28(4,5)20-11-9-15-24(34-35)26(20)29;1-18-12-14-19(15-13-18)35(30,31)29-34-32-22-10-6-8-20-24(22)28(16-26(20,2)3)17-27(4,5)21-9-7-11-23(33-34)25(21)28;1-19(2)11-21-12-20(3,4)14-8-6-10-16(18(14)21)30-31(26-32(27,28)22(23,24)25)29-15-9-5-7-13(19)17(15)21/h8-11,14-15,21-22,31H,6-7,12-13,16-17H2,1-5H3,(H,30,32);6-15,29H,16-17H2,1-5H3;5-10,26H,11-12H2,1-4H3/t21-,22-,29?;;/m0../s1. The fourth-order valence-electron chi connectivity index (χ4n) is 20.3. The van der Waals surface area contributed by atoms with Gasteiger partial charge >= 0.3 is 41.1 Å². The summed E-state index contributed by atoms with van der Waals surface area (Å²) < 4.78 is 132. The van der Waals surface area contributed by atoms with Gasteiger partial charge in [0.2, 0.25) is 15.9 Å². The van der Waals surface area contributed by atoms with Crippen LogP contribution < -0.4 is 46.5 Å². The Morgan fingerprint density at radius 1 is 0.412 bits per heavy atom. The van der Waals surface area contributed by atoms with Gasteiger partial charge in [0.05, 0.1) is 4.90 Å². The highest BCUT2D eigenvalue weighted by Crippen LogP contribution is 2.72. The lowest BCUT2D eigenvalue weighted by atomic mass is 9.72. The minimum Gasteiger partial charge on any atom is -0.427 e. The molecular weight excluding hydrogens is 1390 g/mol. The summed E-state index contributed by atoms with van der Waals surface area (Å²) in [5.74, 6) is 4.08. The molecule has 1 fully saturated rings. The van der Waals surface area contributed by atoms with Crippen molar-refractivity contribution in [2.24, 2.45) is 0 Å². The zero-order valence-electron chi connectivity index (χ0n) is 60.2. The van der Waals surface area contributed by atoms with Crippen LogP contribution in [0.25, 0.3) is 0 Å². The van der Waals surface area contributed by atoms with Crippen molar-refractivity contribution in [3.05, 3.63) is 206 Å². The second kappa shape index (κ2) is 24.1. The Bertz CT molecular complexity index is 4630. The first kappa shape index (κ1) is 71.3. The van der Waals surface area contributed by atoms with Crippen molar-refractivity contribution in [2.75, 3.05) is 0 Å². The average Bonchev–Trinajstić information content (AvgIpc) is 1.53. The summed E-state index contributed by atoms with van der Waals surface area (Å²) in [4.78, 5) is 12.1. The van der Waals surface area contributed by atoms with Crippen LogP contribution in [-0.2, 0) is 73.6 Å². The van der Waals surface area contributed by atoms with E-state index >= 15 is 0 Å². The normalized spacial score (nSPS) is 23.9. The van der Waals surface area contributed by atoms with Crippen LogP contribution in [0, 0.1) is 6.92 Å². The number of carbonyl (C=O) groups excluding carboxylic acids is 1. The molecule has 3 spiro atoms. The van der Waals surface area contributed by atoms with Gasteiger partial charge in [0.15, 0.2) is 0 Å². The van der Waals surface area contributed by atoms with Crippen LogP contribution in [0.5, 0.6) is 34.5 Å². The number of hydrogen-bond acceptors (Lipinski definition) is 12. The van der Waals surface area contributed by atoms with E-state index in [4.69, 9.17) is 27.1 Å². The number of carbonyl (C=O) groups is 1. The van der Waals surface area contributed by atoms with Gasteiger partial charge in [0.25, 0.3) is 0 Å².